The Morgan fingerprint density at radius 2 is 2.24 bits per heavy atom. The van der Waals surface area contributed by atoms with Crippen molar-refractivity contribution in [3.8, 4) is 0 Å². The third kappa shape index (κ3) is 3.47. The maximum Gasteiger partial charge on any atom is 0.315 e. The van der Waals surface area contributed by atoms with Crippen LogP contribution in [0.2, 0.25) is 0 Å². The molecule has 17 heavy (non-hydrogen) atoms. The summed E-state index contributed by atoms with van der Waals surface area (Å²) in [7, 11) is 1.87. The zero-order valence-electron chi connectivity index (χ0n) is 10.3. The summed E-state index contributed by atoms with van der Waals surface area (Å²) in [4.78, 5) is 11.7. The maximum absolute atomic E-state index is 11.7. The molecule has 94 valence electrons. The Bertz CT molecular complexity index is 368. The van der Waals surface area contributed by atoms with Gasteiger partial charge in [0.25, 0.3) is 0 Å². The number of urea groups is 1. The Morgan fingerprint density at radius 3 is 2.88 bits per heavy atom. The summed E-state index contributed by atoms with van der Waals surface area (Å²) in [5, 5.41) is 9.94. The molecule has 0 aliphatic heterocycles. The van der Waals surface area contributed by atoms with Gasteiger partial charge in [0.2, 0.25) is 0 Å². The summed E-state index contributed by atoms with van der Waals surface area (Å²) in [6.07, 6.45) is 7.71. The van der Waals surface area contributed by atoms with Crippen LogP contribution in [-0.4, -0.2) is 21.9 Å². The van der Waals surface area contributed by atoms with Crippen LogP contribution in [0.15, 0.2) is 12.3 Å². The van der Waals surface area contributed by atoms with Crippen LogP contribution in [-0.2, 0) is 13.6 Å². The smallest absolute Gasteiger partial charge is 0.315 e. The molecule has 0 spiro atoms. The molecule has 5 nitrogen and oxygen atoms in total. The van der Waals surface area contributed by atoms with Crippen molar-refractivity contribution in [3.05, 3.63) is 18.0 Å². The lowest BCUT2D eigenvalue weighted by Crippen LogP contribution is -2.42. The molecule has 1 aromatic heterocycles. The fourth-order valence-corrected chi connectivity index (χ4v) is 2.23. The molecule has 1 fully saturated rings. The van der Waals surface area contributed by atoms with Gasteiger partial charge in [0.1, 0.15) is 0 Å². The van der Waals surface area contributed by atoms with E-state index in [1.165, 1.54) is 19.3 Å². The van der Waals surface area contributed by atoms with E-state index in [2.05, 4.69) is 15.7 Å². The third-order valence-corrected chi connectivity index (χ3v) is 3.29. The summed E-state index contributed by atoms with van der Waals surface area (Å²) in [5.41, 5.74) is 1.00. The number of aromatic nitrogens is 2. The first-order valence-electron chi connectivity index (χ1n) is 6.27. The number of nitrogens with zero attached hydrogens (tertiary/aromatic N) is 2. The lowest BCUT2D eigenvalue weighted by atomic mass is 9.96. The highest BCUT2D eigenvalue weighted by Crippen LogP contribution is 2.17. The highest BCUT2D eigenvalue weighted by molar-refractivity contribution is 5.74. The predicted molar refractivity (Wildman–Crippen MR) is 65.5 cm³/mol. The fraction of sp³-hybridized carbons (Fsp3) is 0.667. The average Bonchev–Trinajstić information content (AvgIpc) is 2.74. The SMILES string of the molecule is Cn1nccc1CNC(=O)NC1CCCCC1. The van der Waals surface area contributed by atoms with E-state index in [1.54, 1.807) is 10.9 Å². The molecule has 2 rings (SSSR count). The monoisotopic (exact) mass is 236 g/mol. The largest absolute Gasteiger partial charge is 0.335 e. The Balaban J connectivity index is 1.72. The zero-order valence-corrected chi connectivity index (χ0v) is 10.3. The van der Waals surface area contributed by atoms with Crippen LogP contribution in [0.5, 0.6) is 0 Å². The molecule has 0 saturated heterocycles. The van der Waals surface area contributed by atoms with Crippen molar-refractivity contribution in [1.29, 1.82) is 0 Å². The average molecular weight is 236 g/mol. The Kier molecular flexibility index (Phi) is 4.01. The molecule has 1 aliphatic carbocycles. The van der Waals surface area contributed by atoms with Crippen molar-refractivity contribution >= 4 is 6.03 Å². The summed E-state index contributed by atoms with van der Waals surface area (Å²) >= 11 is 0. The first kappa shape index (κ1) is 12.0. The van der Waals surface area contributed by atoms with Crippen LogP contribution in [0, 0.1) is 0 Å². The standard InChI is InChI=1S/C12H20N4O/c1-16-11(7-8-14-16)9-13-12(17)15-10-5-3-2-4-6-10/h7-8,10H,2-6,9H2,1H3,(H2,13,15,17). The number of rotatable bonds is 3. The van der Waals surface area contributed by atoms with Crippen molar-refractivity contribution in [3.63, 3.8) is 0 Å². The van der Waals surface area contributed by atoms with Crippen molar-refractivity contribution in [2.24, 2.45) is 7.05 Å². The van der Waals surface area contributed by atoms with Crippen molar-refractivity contribution in [1.82, 2.24) is 20.4 Å². The third-order valence-electron chi connectivity index (χ3n) is 3.29. The van der Waals surface area contributed by atoms with E-state index in [1.807, 2.05) is 13.1 Å². The molecule has 1 saturated carbocycles. The second-order valence-electron chi connectivity index (χ2n) is 4.61. The maximum atomic E-state index is 11.7. The summed E-state index contributed by atoms with van der Waals surface area (Å²) in [6.45, 7) is 0.523. The van der Waals surface area contributed by atoms with Gasteiger partial charge in [0, 0.05) is 19.3 Å². The number of hydrogen-bond donors (Lipinski definition) is 2. The molecule has 1 aromatic rings. The van der Waals surface area contributed by atoms with Crippen molar-refractivity contribution in [2.75, 3.05) is 0 Å². The minimum Gasteiger partial charge on any atom is -0.335 e. The van der Waals surface area contributed by atoms with E-state index < -0.39 is 0 Å². The number of amides is 2. The van der Waals surface area contributed by atoms with Crippen LogP contribution in [0.4, 0.5) is 4.79 Å². The minimum absolute atomic E-state index is 0.0712. The molecule has 0 aromatic carbocycles. The molecule has 5 heteroatoms. The first-order valence-corrected chi connectivity index (χ1v) is 6.27. The van der Waals surface area contributed by atoms with Gasteiger partial charge in [-0.15, -0.1) is 0 Å². The van der Waals surface area contributed by atoms with Crippen molar-refractivity contribution < 1.29 is 4.79 Å². The Morgan fingerprint density at radius 1 is 1.47 bits per heavy atom. The number of nitrogens with one attached hydrogen (secondary N) is 2. The number of aryl methyl sites for hydroxylation is 1. The molecule has 1 aliphatic rings. The first-order chi connectivity index (χ1) is 8.25. The minimum atomic E-state index is -0.0712. The molecular weight excluding hydrogens is 216 g/mol. The van der Waals surface area contributed by atoms with Crippen LogP contribution in [0.3, 0.4) is 0 Å². The van der Waals surface area contributed by atoms with Gasteiger partial charge >= 0.3 is 6.03 Å². The second-order valence-corrected chi connectivity index (χ2v) is 4.61. The van der Waals surface area contributed by atoms with Gasteiger partial charge < -0.3 is 10.6 Å². The summed E-state index contributed by atoms with van der Waals surface area (Å²) in [6, 6.07) is 2.19. The molecular formula is C12H20N4O. The molecule has 0 unspecified atom stereocenters. The Labute approximate surface area is 102 Å². The van der Waals surface area contributed by atoms with Crippen molar-refractivity contribution in [2.45, 2.75) is 44.7 Å². The van der Waals surface area contributed by atoms with E-state index in [0.29, 0.717) is 12.6 Å². The lowest BCUT2D eigenvalue weighted by Gasteiger charge is -2.22. The highest BCUT2D eigenvalue weighted by atomic mass is 16.2. The topological polar surface area (TPSA) is 59.0 Å². The molecule has 1 heterocycles. The van der Waals surface area contributed by atoms with E-state index in [0.717, 1.165) is 18.5 Å². The van der Waals surface area contributed by atoms with E-state index in [-0.39, 0.29) is 6.03 Å². The lowest BCUT2D eigenvalue weighted by molar-refractivity contribution is 0.232. The van der Waals surface area contributed by atoms with Gasteiger partial charge in [0.15, 0.2) is 0 Å². The number of carbonyl (C=O) groups is 1. The van der Waals surface area contributed by atoms with Gasteiger partial charge in [-0.2, -0.15) is 5.10 Å². The fourth-order valence-electron chi connectivity index (χ4n) is 2.23. The molecule has 0 bridgehead atoms. The van der Waals surface area contributed by atoms with Crippen LogP contribution < -0.4 is 10.6 Å². The van der Waals surface area contributed by atoms with Gasteiger partial charge in [-0.05, 0) is 18.9 Å². The van der Waals surface area contributed by atoms with E-state index >= 15 is 0 Å². The Hall–Kier alpha value is -1.52. The summed E-state index contributed by atoms with van der Waals surface area (Å²) in [5.74, 6) is 0. The van der Waals surface area contributed by atoms with Gasteiger partial charge in [0.05, 0.1) is 12.2 Å². The number of carbonyl (C=O) groups excluding carboxylic acids is 1. The van der Waals surface area contributed by atoms with Gasteiger partial charge in [-0.25, -0.2) is 4.79 Å². The zero-order chi connectivity index (χ0) is 12.1. The predicted octanol–water partition coefficient (Wildman–Crippen LogP) is 1.55. The number of hydrogen-bond acceptors (Lipinski definition) is 2. The molecule has 2 amide bonds. The molecule has 2 N–H and O–H groups in total. The van der Waals surface area contributed by atoms with Crippen LogP contribution in [0.25, 0.3) is 0 Å². The normalized spacial score (nSPS) is 16.8. The van der Waals surface area contributed by atoms with Crippen LogP contribution >= 0.6 is 0 Å². The van der Waals surface area contributed by atoms with Gasteiger partial charge in [-0.1, -0.05) is 19.3 Å². The molecule has 0 radical (unpaired) electrons. The second kappa shape index (κ2) is 5.70. The van der Waals surface area contributed by atoms with Crippen LogP contribution in [0.1, 0.15) is 37.8 Å². The quantitative estimate of drug-likeness (QED) is 0.836. The molecule has 0 atom stereocenters. The highest BCUT2D eigenvalue weighted by Gasteiger charge is 2.15. The van der Waals surface area contributed by atoms with E-state index in [4.69, 9.17) is 0 Å². The summed E-state index contributed by atoms with van der Waals surface area (Å²) < 4.78 is 1.76. The van der Waals surface area contributed by atoms with E-state index in [9.17, 15) is 4.79 Å². The van der Waals surface area contributed by atoms with Gasteiger partial charge in [-0.3, -0.25) is 4.68 Å².